The van der Waals surface area contributed by atoms with Gasteiger partial charge in [0.25, 0.3) is 0 Å². The Morgan fingerprint density at radius 1 is 1.44 bits per heavy atom. The van der Waals surface area contributed by atoms with Gasteiger partial charge in [-0.2, -0.15) is 0 Å². The second kappa shape index (κ2) is 3.65. The Hall–Kier alpha value is -2.37. The highest BCUT2D eigenvalue weighted by atomic mass is 16.5. The van der Waals surface area contributed by atoms with E-state index in [0.29, 0.717) is 5.52 Å². The Bertz CT molecular complexity index is 572. The molecule has 82 valence electrons. The van der Waals surface area contributed by atoms with Gasteiger partial charge in [-0.25, -0.2) is 14.6 Å². The molecule has 0 amide bonds. The van der Waals surface area contributed by atoms with Crippen molar-refractivity contribution < 1.29 is 23.8 Å². The van der Waals surface area contributed by atoms with Crippen molar-refractivity contribution in [2.75, 3.05) is 7.11 Å². The summed E-state index contributed by atoms with van der Waals surface area (Å²) in [6.07, 6.45) is 0. The Kier molecular flexibility index (Phi) is 2.32. The van der Waals surface area contributed by atoms with Gasteiger partial charge in [-0.1, -0.05) is 6.07 Å². The molecular formula is C10H7NO5. The molecule has 2 aromatic rings. The Morgan fingerprint density at radius 2 is 2.19 bits per heavy atom. The molecule has 1 aromatic carbocycles. The van der Waals surface area contributed by atoms with Crippen LogP contribution in [0.5, 0.6) is 0 Å². The van der Waals surface area contributed by atoms with E-state index in [1.165, 1.54) is 13.2 Å². The fourth-order valence-corrected chi connectivity index (χ4v) is 1.31. The van der Waals surface area contributed by atoms with Crippen LogP contribution < -0.4 is 0 Å². The van der Waals surface area contributed by atoms with Crippen LogP contribution in [-0.2, 0) is 4.74 Å². The third kappa shape index (κ3) is 1.50. The molecule has 6 heteroatoms. The minimum atomic E-state index is -1.29. The fourth-order valence-electron chi connectivity index (χ4n) is 1.31. The molecule has 0 saturated heterocycles. The van der Waals surface area contributed by atoms with Crippen molar-refractivity contribution >= 4 is 23.0 Å². The molecule has 0 radical (unpaired) electrons. The molecule has 0 aliphatic carbocycles. The minimum Gasteiger partial charge on any atom is -0.474 e. The van der Waals surface area contributed by atoms with Gasteiger partial charge in [0.15, 0.2) is 5.58 Å². The van der Waals surface area contributed by atoms with Crippen LogP contribution in [0.3, 0.4) is 0 Å². The standard InChI is InChI=1S/C10H7NO5/c1-15-10(14)5-3-2-4-6-7(5)16-8(11-6)9(12)13/h2-4H,1H3,(H,12,13). The van der Waals surface area contributed by atoms with Crippen molar-refractivity contribution in [3.05, 3.63) is 29.7 Å². The highest BCUT2D eigenvalue weighted by Crippen LogP contribution is 2.20. The van der Waals surface area contributed by atoms with Crippen LogP contribution >= 0.6 is 0 Å². The fraction of sp³-hybridized carbons (Fsp3) is 0.100. The maximum Gasteiger partial charge on any atom is 0.392 e. The number of aromatic carboxylic acids is 1. The number of fused-ring (bicyclic) bond motifs is 1. The van der Waals surface area contributed by atoms with E-state index in [9.17, 15) is 9.59 Å². The molecule has 1 N–H and O–H groups in total. The van der Waals surface area contributed by atoms with Crippen molar-refractivity contribution in [1.29, 1.82) is 0 Å². The summed E-state index contributed by atoms with van der Waals surface area (Å²) in [4.78, 5) is 25.7. The maximum atomic E-state index is 11.3. The number of carboxylic acid groups (broad SMARTS) is 1. The van der Waals surface area contributed by atoms with Crippen LogP contribution in [0.15, 0.2) is 22.6 Å². The number of carboxylic acids is 1. The predicted molar refractivity (Wildman–Crippen MR) is 52.3 cm³/mol. The summed E-state index contributed by atoms with van der Waals surface area (Å²) in [5.41, 5.74) is 0.576. The first-order valence-corrected chi connectivity index (χ1v) is 4.34. The van der Waals surface area contributed by atoms with Gasteiger partial charge in [-0.3, -0.25) is 0 Å². The second-order valence-electron chi connectivity index (χ2n) is 2.97. The van der Waals surface area contributed by atoms with Gasteiger partial charge in [0.2, 0.25) is 0 Å². The number of nitrogens with zero attached hydrogens (tertiary/aromatic N) is 1. The first-order valence-electron chi connectivity index (χ1n) is 4.34. The molecule has 2 rings (SSSR count). The number of hydrogen-bond donors (Lipinski definition) is 1. The van der Waals surface area contributed by atoms with Crippen LogP contribution in [-0.4, -0.2) is 29.1 Å². The molecular weight excluding hydrogens is 214 g/mol. The third-order valence-corrected chi connectivity index (χ3v) is 2.00. The lowest BCUT2D eigenvalue weighted by Crippen LogP contribution is -2.00. The monoisotopic (exact) mass is 221 g/mol. The zero-order valence-corrected chi connectivity index (χ0v) is 8.26. The molecule has 0 aliphatic heterocycles. The van der Waals surface area contributed by atoms with E-state index in [1.54, 1.807) is 12.1 Å². The van der Waals surface area contributed by atoms with Crippen LogP contribution in [0.1, 0.15) is 21.0 Å². The van der Waals surface area contributed by atoms with E-state index in [0.717, 1.165) is 0 Å². The molecule has 1 aromatic heterocycles. The van der Waals surface area contributed by atoms with E-state index in [-0.39, 0.29) is 11.1 Å². The van der Waals surface area contributed by atoms with Crippen molar-refractivity contribution in [1.82, 2.24) is 4.98 Å². The number of carbonyl (C=O) groups is 2. The lowest BCUT2D eigenvalue weighted by Gasteiger charge is -1.97. The zero-order chi connectivity index (χ0) is 11.7. The molecule has 0 bridgehead atoms. The van der Waals surface area contributed by atoms with Gasteiger partial charge in [0.05, 0.1) is 7.11 Å². The number of benzene rings is 1. The van der Waals surface area contributed by atoms with E-state index in [2.05, 4.69) is 9.72 Å². The lowest BCUT2D eigenvalue weighted by atomic mass is 10.2. The third-order valence-electron chi connectivity index (χ3n) is 2.00. The molecule has 0 spiro atoms. The highest BCUT2D eigenvalue weighted by molar-refractivity contribution is 6.01. The zero-order valence-electron chi connectivity index (χ0n) is 8.26. The van der Waals surface area contributed by atoms with Crippen LogP contribution in [0, 0.1) is 0 Å². The molecule has 0 saturated carbocycles. The summed E-state index contributed by atoms with van der Waals surface area (Å²) in [5.74, 6) is -2.34. The average molecular weight is 221 g/mol. The van der Waals surface area contributed by atoms with Crippen LogP contribution in [0.2, 0.25) is 0 Å². The Morgan fingerprint density at radius 3 is 2.81 bits per heavy atom. The van der Waals surface area contributed by atoms with Crippen molar-refractivity contribution in [2.45, 2.75) is 0 Å². The van der Waals surface area contributed by atoms with Gasteiger partial charge in [0, 0.05) is 0 Å². The number of esters is 1. The number of para-hydroxylation sites is 1. The highest BCUT2D eigenvalue weighted by Gasteiger charge is 2.18. The molecule has 16 heavy (non-hydrogen) atoms. The van der Waals surface area contributed by atoms with Crippen molar-refractivity contribution in [3.8, 4) is 0 Å². The first kappa shape index (κ1) is 10.2. The number of oxazole rings is 1. The lowest BCUT2D eigenvalue weighted by molar-refractivity contribution is 0.0596. The molecule has 0 unspecified atom stereocenters. The average Bonchev–Trinajstić information content (AvgIpc) is 2.71. The van der Waals surface area contributed by atoms with E-state index in [1.807, 2.05) is 0 Å². The topological polar surface area (TPSA) is 89.6 Å². The SMILES string of the molecule is COC(=O)c1cccc2nc(C(=O)O)oc12. The van der Waals surface area contributed by atoms with Gasteiger partial charge >= 0.3 is 17.8 Å². The number of rotatable bonds is 2. The molecule has 0 fully saturated rings. The smallest absolute Gasteiger partial charge is 0.392 e. The Labute approximate surface area is 89.5 Å². The molecule has 1 heterocycles. The van der Waals surface area contributed by atoms with Crippen molar-refractivity contribution in [2.24, 2.45) is 0 Å². The minimum absolute atomic E-state index is 0.117. The maximum absolute atomic E-state index is 11.3. The predicted octanol–water partition coefficient (Wildman–Crippen LogP) is 1.31. The van der Waals surface area contributed by atoms with E-state index in [4.69, 9.17) is 9.52 Å². The van der Waals surface area contributed by atoms with Gasteiger partial charge in [-0.15, -0.1) is 0 Å². The normalized spacial score (nSPS) is 10.3. The van der Waals surface area contributed by atoms with Gasteiger partial charge in [0.1, 0.15) is 11.1 Å². The second-order valence-corrected chi connectivity index (χ2v) is 2.97. The number of ether oxygens (including phenoxy) is 1. The van der Waals surface area contributed by atoms with Crippen LogP contribution in [0.4, 0.5) is 0 Å². The summed E-state index contributed by atoms with van der Waals surface area (Å²) in [6, 6.07) is 4.60. The van der Waals surface area contributed by atoms with Crippen molar-refractivity contribution in [3.63, 3.8) is 0 Å². The number of hydrogen-bond acceptors (Lipinski definition) is 5. The summed E-state index contributed by atoms with van der Waals surface area (Å²) in [6.45, 7) is 0. The molecule has 0 aliphatic rings. The quantitative estimate of drug-likeness (QED) is 0.769. The van der Waals surface area contributed by atoms with E-state index >= 15 is 0 Å². The number of methoxy groups -OCH3 is 1. The van der Waals surface area contributed by atoms with Crippen LogP contribution in [0.25, 0.3) is 11.1 Å². The first-order chi connectivity index (χ1) is 7.63. The van der Waals surface area contributed by atoms with Gasteiger partial charge < -0.3 is 14.3 Å². The summed E-state index contributed by atoms with van der Waals surface area (Å²) < 4.78 is 9.51. The number of carbonyl (C=O) groups excluding carboxylic acids is 1. The Balaban J connectivity index is 2.67. The largest absolute Gasteiger partial charge is 0.474 e. The van der Waals surface area contributed by atoms with Gasteiger partial charge in [-0.05, 0) is 12.1 Å². The summed E-state index contributed by atoms with van der Waals surface area (Å²) in [7, 11) is 1.23. The summed E-state index contributed by atoms with van der Waals surface area (Å²) >= 11 is 0. The number of aromatic nitrogens is 1. The molecule has 0 atom stereocenters. The molecule has 6 nitrogen and oxygen atoms in total. The van der Waals surface area contributed by atoms with E-state index < -0.39 is 17.8 Å². The summed E-state index contributed by atoms with van der Waals surface area (Å²) in [5, 5.41) is 8.70.